The molecule has 1 saturated heterocycles. The first-order valence-corrected chi connectivity index (χ1v) is 6.91. The largest absolute Gasteiger partial charge is 0.375 e. The summed E-state index contributed by atoms with van der Waals surface area (Å²) in [7, 11) is 0. The lowest BCUT2D eigenvalue weighted by Crippen LogP contribution is -2.53. The van der Waals surface area contributed by atoms with Crippen LogP contribution in [0.4, 0.5) is 4.79 Å². The van der Waals surface area contributed by atoms with E-state index >= 15 is 0 Å². The van der Waals surface area contributed by atoms with Gasteiger partial charge in [-0.15, -0.1) is 11.3 Å². The first kappa shape index (κ1) is 13.8. The Morgan fingerprint density at radius 1 is 1.42 bits per heavy atom. The van der Waals surface area contributed by atoms with Crippen LogP contribution in [0.3, 0.4) is 0 Å². The van der Waals surface area contributed by atoms with E-state index in [2.05, 4.69) is 10.9 Å². The molecule has 1 aliphatic heterocycles. The molecule has 1 aromatic rings. The SMILES string of the molecule is Cc1ccc(C(=O)NNC(=O)N2CCO[C@H](C)C2)s1. The summed E-state index contributed by atoms with van der Waals surface area (Å²) in [5.41, 5.74) is 4.83. The maximum Gasteiger partial charge on any atom is 0.336 e. The van der Waals surface area contributed by atoms with Crippen molar-refractivity contribution in [2.24, 2.45) is 0 Å². The lowest BCUT2D eigenvalue weighted by atomic mass is 10.3. The summed E-state index contributed by atoms with van der Waals surface area (Å²) < 4.78 is 5.35. The summed E-state index contributed by atoms with van der Waals surface area (Å²) in [5.74, 6) is -0.298. The molecule has 0 aromatic carbocycles. The van der Waals surface area contributed by atoms with Crippen molar-refractivity contribution in [3.05, 3.63) is 21.9 Å². The second-order valence-corrected chi connectivity index (χ2v) is 5.71. The number of ether oxygens (including phenoxy) is 1. The number of urea groups is 1. The quantitative estimate of drug-likeness (QED) is 0.759. The highest BCUT2D eigenvalue weighted by atomic mass is 32.1. The second-order valence-electron chi connectivity index (χ2n) is 4.42. The molecule has 1 aliphatic rings. The molecule has 2 N–H and O–H groups in total. The number of amides is 3. The number of hydrogen-bond donors (Lipinski definition) is 2. The van der Waals surface area contributed by atoms with E-state index in [1.165, 1.54) is 11.3 Å². The molecule has 1 aromatic heterocycles. The molecule has 3 amide bonds. The van der Waals surface area contributed by atoms with Crippen LogP contribution in [0.1, 0.15) is 21.5 Å². The van der Waals surface area contributed by atoms with Crippen LogP contribution >= 0.6 is 11.3 Å². The number of morpholine rings is 1. The zero-order valence-electron chi connectivity index (χ0n) is 10.9. The minimum Gasteiger partial charge on any atom is -0.375 e. The molecule has 0 aliphatic carbocycles. The number of hydrogen-bond acceptors (Lipinski definition) is 4. The fourth-order valence-electron chi connectivity index (χ4n) is 1.81. The van der Waals surface area contributed by atoms with Gasteiger partial charge in [0.1, 0.15) is 0 Å². The molecule has 0 bridgehead atoms. The van der Waals surface area contributed by atoms with E-state index in [0.717, 1.165) is 4.88 Å². The topological polar surface area (TPSA) is 70.7 Å². The number of nitrogens with zero attached hydrogens (tertiary/aromatic N) is 1. The first-order chi connectivity index (χ1) is 9.06. The molecule has 0 radical (unpaired) electrons. The highest BCUT2D eigenvalue weighted by Gasteiger charge is 2.21. The fourth-order valence-corrected chi connectivity index (χ4v) is 2.57. The lowest BCUT2D eigenvalue weighted by molar-refractivity contribution is -0.00390. The lowest BCUT2D eigenvalue weighted by Gasteiger charge is -2.31. The molecular weight excluding hydrogens is 266 g/mol. The fraction of sp³-hybridized carbons (Fsp3) is 0.500. The smallest absolute Gasteiger partial charge is 0.336 e. The van der Waals surface area contributed by atoms with Gasteiger partial charge in [0.05, 0.1) is 17.6 Å². The molecule has 2 rings (SSSR count). The summed E-state index contributed by atoms with van der Waals surface area (Å²) in [6, 6.07) is 3.29. The van der Waals surface area contributed by atoms with E-state index in [0.29, 0.717) is 24.6 Å². The Hall–Kier alpha value is -1.60. The standard InChI is InChI=1S/C12H17N3O3S/c1-8-7-15(5-6-18-8)12(17)14-13-11(16)10-4-3-9(2)19-10/h3-4,8H,5-7H2,1-2H3,(H,13,16)(H,14,17)/t8-/m1/s1. The number of rotatable bonds is 1. The summed E-state index contributed by atoms with van der Waals surface area (Å²) in [5, 5.41) is 0. The molecule has 1 fully saturated rings. The van der Waals surface area contributed by atoms with E-state index in [9.17, 15) is 9.59 Å². The van der Waals surface area contributed by atoms with Gasteiger partial charge in [-0.05, 0) is 26.0 Å². The Balaban J connectivity index is 1.81. The van der Waals surface area contributed by atoms with Gasteiger partial charge in [0, 0.05) is 18.0 Å². The molecule has 7 heteroatoms. The minimum atomic E-state index is -0.309. The van der Waals surface area contributed by atoms with E-state index in [1.807, 2.05) is 19.9 Å². The van der Waals surface area contributed by atoms with Crippen molar-refractivity contribution in [2.75, 3.05) is 19.7 Å². The van der Waals surface area contributed by atoms with Crippen LogP contribution in [0, 0.1) is 6.92 Å². The Bertz CT molecular complexity index is 475. The number of carbonyl (C=O) groups is 2. The average molecular weight is 283 g/mol. The van der Waals surface area contributed by atoms with E-state index in [-0.39, 0.29) is 18.0 Å². The van der Waals surface area contributed by atoms with Gasteiger partial charge in [0.25, 0.3) is 5.91 Å². The van der Waals surface area contributed by atoms with Crippen LogP contribution in [0.2, 0.25) is 0 Å². The average Bonchev–Trinajstić information content (AvgIpc) is 2.82. The van der Waals surface area contributed by atoms with Gasteiger partial charge in [-0.1, -0.05) is 0 Å². The molecular formula is C12H17N3O3S. The van der Waals surface area contributed by atoms with Gasteiger partial charge in [-0.2, -0.15) is 0 Å². The Morgan fingerprint density at radius 2 is 2.21 bits per heavy atom. The number of carbonyl (C=O) groups excluding carboxylic acids is 2. The molecule has 104 valence electrons. The van der Waals surface area contributed by atoms with Crippen LogP contribution in [-0.4, -0.2) is 42.6 Å². The molecule has 0 unspecified atom stereocenters. The van der Waals surface area contributed by atoms with Gasteiger partial charge < -0.3 is 9.64 Å². The van der Waals surface area contributed by atoms with Gasteiger partial charge in [-0.25, -0.2) is 10.2 Å². The summed E-state index contributed by atoms with van der Waals surface area (Å²) in [6.07, 6.45) is 0.0233. The summed E-state index contributed by atoms with van der Waals surface area (Å²) >= 11 is 1.39. The molecule has 2 heterocycles. The first-order valence-electron chi connectivity index (χ1n) is 6.09. The van der Waals surface area contributed by atoms with Crippen molar-refractivity contribution >= 4 is 23.3 Å². The zero-order valence-corrected chi connectivity index (χ0v) is 11.8. The molecule has 0 spiro atoms. The third-order valence-electron chi connectivity index (χ3n) is 2.78. The number of aryl methyl sites for hydroxylation is 1. The Labute approximate surface area is 115 Å². The third kappa shape index (κ3) is 3.68. The predicted octanol–water partition coefficient (Wildman–Crippen LogP) is 1.13. The molecule has 6 nitrogen and oxygen atoms in total. The Morgan fingerprint density at radius 3 is 2.84 bits per heavy atom. The highest BCUT2D eigenvalue weighted by molar-refractivity contribution is 7.13. The Kier molecular flexibility index (Phi) is 4.39. The van der Waals surface area contributed by atoms with E-state index < -0.39 is 0 Å². The van der Waals surface area contributed by atoms with Gasteiger partial charge in [0.2, 0.25) is 0 Å². The second kappa shape index (κ2) is 6.03. The molecule has 1 atom stereocenters. The van der Waals surface area contributed by atoms with Gasteiger partial charge >= 0.3 is 6.03 Å². The van der Waals surface area contributed by atoms with Gasteiger partial charge in [0.15, 0.2) is 0 Å². The van der Waals surface area contributed by atoms with Crippen LogP contribution in [0.15, 0.2) is 12.1 Å². The maximum absolute atomic E-state index is 11.8. The van der Waals surface area contributed by atoms with Crippen LogP contribution in [0.25, 0.3) is 0 Å². The molecule has 0 saturated carbocycles. The summed E-state index contributed by atoms with van der Waals surface area (Å²) in [6.45, 7) is 5.41. The van der Waals surface area contributed by atoms with Crippen molar-refractivity contribution in [1.82, 2.24) is 15.8 Å². The van der Waals surface area contributed by atoms with Crippen LogP contribution in [0.5, 0.6) is 0 Å². The number of thiophene rings is 1. The third-order valence-corrected chi connectivity index (χ3v) is 3.77. The van der Waals surface area contributed by atoms with Crippen molar-refractivity contribution in [3.63, 3.8) is 0 Å². The van der Waals surface area contributed by atoms with Crippen molar-refractivity contribution in [3.8, 4) is 0 Å². The minimum absolute atomic E-state index is 0.0233. The highest BCUT2D eigenvalue weighted by Crippen LogP contribution is 2.14. The predicted molar refractivity (Wildman–Crippen MR) is 72.0 cm³/mol. The number of nitrogens with one attached hydrogen (secondary N) is 2. The monoisotopic (exact) mass is 283 g/mol. The molecule has 19 heavy (non-hydrogen) atoms. The van der Waals surface area contributed by atoms with Crippen molar-refractivity contribution in [2.45, 2.75) is 20.0 Å². The van der Waals surface area contributed by atoms with Crippen molar-refractivity contribution < 1.29 is 14.3 Å². The zero-order chi connectivity index (χ0) is 13.8. The normalized spacial score (nSPS) is 19.1. The van der Waals surface area contributed by atoms with E-state index in [1.54, 1.807) is 11.0 Å². The van der Waals surface area contributed by atoms with E-state index in [4.69, 9.17) is 4.74 Å². The van der Waals surface area contributed by atoms with Crippen LogP contribution in [-0.2, 0) is 4.74 Å². The van der Waals surface area contributed by atoms with Crippen molar-refractivity contribution in [1.29, 1.82) is 0 Å². The summed E-state index contributed by atoms with van der Waals surface area (Å²) in [4.78, 5) is 26.8. The van der Waals surface area contributed by atoms with Crippen LogP contribution < -0.4 is 10.9 Å². The van der Waals surface area contributed by atoms with Gasteiger partial charge in [-0.3, -0.25) is 10.2 Å². The number of hydrazine groups is 1. The maximum atomic E-state index is 11.8.